The van der Waals surface area contributed by atoms with Crippen LogP contribution in [0.15, 0.2) is 48.5 Å². The van der Waals surface area contributed by atoms with Crippen molar-refractivity contribution in [2.45, 2.75) is 6.92 Å². The summed E-state index contributed by atoms with van der Waals surface area (Å²) in [7, 11) is 1.59. The first-order valence-corrected chi connectivity index (χ1v) is 8.20. The summed E-state index contributed by atoms with van der Waals surface area (Å²) >= 11 is 0. The van der Waals surface area contributed by atoms with Crippen molar-refractivity contribution in [1.29, 1.82) is 0 Å². The molecule has 26 heavy (non-hydrogen) atoms. The van der Waals surface area contributed by atoms with E-state index in [0.717, 1.165) is 6.08 Å². The van der Waals surface area contributed by atoms with E-state index in [4.69, 9.17) is 24.1 Å². The second-order valence-electron chi connectivity index (χ2n) is 5.16. The van der Waals surface area contributed by atoms with Gasteiger partial charge in [-0.15, -0.1) is 0 Å². The molecule has 0 fully saturated rings. The molecule has 0 aliphatic carbocycles. The highest BCUT2D eigenvalue weighted by Crippen LogP contribution is 2.29. The van der Waals surface area contributed by atoms with Crippen molar-refractivity contribution in [2.75, 3.05) is 26.9 Å². The fraction of sp³-hybridized carbons (Fsp3) is 0.250. The summed E-state index contributed by atoms with van der Waals surface area (Å²) in [6, 6.07) is 12.6. The molecule has 0 aromatic heterocycles. The van der Waals surface area contributed by atoms with E-state index in [-0.39, 0.29) is 0 Å². The standard InChI is InChI=1S/C20H22O6/c1-3-24-19-14-15(9-11-20(21)22)8-10-18(19)26-13-12-25-17-7-5-4-6-16(17)23-2/h4-11,14H,3,12-13H2,1-2H3,(H,21,22). The average Bonchev–Trinajstić information content (AvgIpc) is 2.65. The van der Waals surface area contributed by atoms with Crippen LogP contribution >= 0.6 is 0 Å². The minimum absolute atomic E-state index is 0.322. The smallest absolute Gasteiger partial charge is 0.328 e. The number of hydrogen-bond acceptors (Lipinski definition) is 5. The molecule has 6 heteroatoms. The predicted molar refractivity (Wildman–Crippen MR) is 98.3 cm³/mol. The molecule has 0 amide bonds. The normalized spacial score (nSPS) is 10.5. The minimum Gasteiger partial charge on any atom is -0.493 e. The van der Waals surface area contributed by atoms with Crippen molar-refractivity contribution in [3.05, 3.63) is 54.1 Å². The Morgan fingerprint density at radius 1 is 0.962 bits per heavy atom. The Morgan fingerprint density at radius 2 is 1.62 bits per heavy atom. The van der Waals surface area contributed by atoms with Gasteiger partial charge in [-0.3, -0.25) is 0 Å². The zero-order valence-corrected chi connectivity index (χ0v) is 14.8. The highest BCUT2D eigenvalue weighted by molar-refractivity contribution is 5.85. The monoisotopic (exact) mass is 358 g/mol. The molecule has 0 heterocycles. The highest BCUT2D eigenvalue weighted by atomic mass is 16.5. The zero-order valence-electron chi connectivity index (χ0n) is 14.8. The van der Waals surface area contributed by atoms with E-state index in [9.17, 15) is 4.79 Å². The molecule has 2 aromatic rings. The minimum atomic E-state index is -1.00. The maximum absolute atomic E-state index is 10.6. The summed E-state index contributed by atoms with van der Waals surface area (Å²) in [5.41, 5.74) is 0.716. The van der Waals surface area contributed by atoms with Gasteiger partial charge in [0.25, 0.3) is 0 Å². The van der Waals surface area contributed by atoms with Crippen LogP contribution in [0.3, 0.4) is 0 Å². The van der Waals surface area contributed by atoms with Crippen molar-refractivity contribution < 1.29 is 28.8 Å². The van der Waals surface area contributed by atoms with Crippen LogP contribution < -0.4 is 18.9 Å². The van der Waals surface area contributed by atoms with Crippen molar-refractivity contribution in [3.8, 4) is 23.0 Å². The Bertz CT molecular complexity index is 754. The maximum Gasteiger partial charge on any atom is 0.328 e. The third-order valence-corrected chi connectivity index (χ3v) is 3.35. The van der Waals surface area contributed by atoms with Gasteiger partial charge in [0.05, 0.1) is 13.7 Å². The van der Waals surface area contributed by atoms with Crippen LogP contribution in [0.4, 0.5) is 0 Å². The summed E-state index contributed by atoms with van der Waals surface area (Å²) in [6.07, 6.45) is 2.58. The topological polar surface area (TPSA) is 74.2 Å². The number of benzene rings is 2. The Hall–Kier alpha value is -3.15. The lowest BCUT2D eigenvalue weighted by atomic mass is 10.2. The van der Waals surface area contributed by atoms with Crippen LogP contribution in [0, 0.1) is 0 Å². The first-order valence-electron chi connectivity index (χ1n) is 8.20. The number of carboxylic acid groups (broad SMARTS) is 1. The molecule has 0 bridgehead atoms. The van der Waals surface area contributed by atoms with Gasteiger partial charge in [-0.2, -0.15) is 0 Å². The molecule has 0 unspecified atom stereocenters. The number of methoxy groups -OCH3 is 1. The number of aliphatic carboxylic acids is 1. The molecule has 0 aliphatic rings. The van der Waals surface area contributed by atoms with E-state index in [0.29, 0.717) is 48.4 Å². The van der Waals surface area contributed by atoms with Gasteiger partial charge in [-0.1, -0.05) is 18.2 Å². The second kappa shape index (κ2) is 9.98. The Morgan fingerprint density at radius 3 is 2.23 bits per heavy atom. The van der Waals surface area contributed by atoms with Crippen molar-refractivity contribution >= 4 is 12.0 Å². The fourth-order valence-corrected chi connectivity index (χ4v) is 2.22. The third-order valence-electron chi connectivity index (χ3n) is 3.35. The maximum atomic E-state index is 10.6. The predicted octanol–water partition coefficient (Wildman–Crippen LogP) is 3.65. The molecule has 2 rings (SSSR count). The van der Waals surface area contributed by atoms with E-state index in [1.54, 1.807) is 25.3 Å². The molecule has 1 N–H and O–H groups in total. The highest BCUT2D eigenvalue weighted by Gasteiger charge is 2.07. The molecular formula is C20H22O6. The van der Waals surface area contributed by atoms with Gasteiger partial charge in [-0.05, 0) is 42.8 Å². The van der Waals surface area contributed by atoms with Gasteiger partial charge >= 0.3 is 5.97 Å². The molecule has 2 aromatic carbocycles. The molecule has 0 saturated carbocycles. The molecule has 0 radical (unpaired) electrons. The number of rotatable bonds is 10. The van der Waals surface area contributed by atoms with E-state index in [1.807, 2.05) is 31.2 Å². The summed E-state index contributed by atoms with van der Waals surface area (Å²) < 4.78 is 22.2. The number of carbonyl (C=O) groups is 1. The number of para-hydroxylation sites is 2. The quantitative estimate of drug-likeness (QED) is 0.516. The van der Waals surface area contributed by atoms with E-state index in [1.165, 1.54) is 6.08 Å². The number of carboxylic acids is 1. The third kappa shape index (κ3) is 5.73. The molecule has 0 saturated heterocycles. The Kier molecular flexibility index (Phi) is 7.36. The van der Waals surface area contributed by atoms with Crippen LogP contribution in [0.1, 0.15) is 12.5 Å². The van der Waals surface area contributed by atoms with E-state index < -0.39 is 5.97 Å². The molecule has 0 spiro atoms. The lowest BCUT2D eigenvalue weighted by Crippen LogP contribution is -2.10. The van der Waals surface area contributed by atoms with E-state index in [2.05, 4.69) is 0 Å². The molecule has 138 valence electrons. The first kappa shape index (κ1) is 19.2. The van der Waals surface area contributed by atoms with Gasteiger partial charge in [0.2, 0.25) is 0 Å². The van der Waals surface area contributed by atoms with Gasteiger partial charge < -0.3 is 24.1 Å². The largest absolute Gasteiger partial charge is 0.493 e. The summed E-state index contributed by atoms with van der Waals surface area (Å²) in [4.78, 5) is 10.6. The Balaban J connectivity index is 1.96. The van der Waals surface area contributed by atoms with Crippen LogP contribution in [0.5, 0.6) is 23.0 Å². The van der Waals surface area contributed by atoms with Gasteiger partial charge in [-0.25, -0.2) is 4.79 Å². The van der Waals surface area contributed by atoms with Crippen LogP contribution in [0.2, 0.25) is 0 Å². The van der Waals surface area contributed by atoms with Crippen molar-refractivity contribution in [3.63, 3.8) is 0 Å². The first-order chi connectivity index (χ1) is 12.6. The lowest BCUT2D eigenvalue weighted by Gasteiger charge is -2.14. The van der Waals surface area contributed by atoms with E-state index >= 15 is 0 Å². The van der Waals surface area contributed by atoms with Crippen LogP contribution in [-0.4, -0.2) is 38.0 Å². The zero-order chi connectivity index (χ0) is 18.8. The summed E-state index contributed by atoms with van der Waals surface area (Å²) in [6.45, 7) is 3.00. The second-order valence-corrected chi connectivity index (χ2v) is 5.16. The lowest BCUT2D eigenvalue weighted by molar-refractivity contribution is -0.131. The number of hydrogen-bond donors (Lipinski definition) is 1. The van der Waals surface area contributed by atoms with Gasteiger partial charge in [0.1, 0.15) is 13.2 Å². The SMILES string of the molecule is CCOc1cc(C=CC(=O)O)ccc1OCCOc1ccccc1OC. The average molecular weight is 358 g/mol. The van der Waals surface area contributed by atoms with Crippen molar-refractivity contribution in [2.24, 2.45) is 0 Å². The molecule has 0 aliphatic heterocycles. The van der Waals surface area contributed by atoms with Crippen molar-refractivity contribution in [1.82, 2.24) is 0 Å². The van der Waals surface area contributed by atoms with Crippen LogP contribution in [0.25, 0.3) is 6.08 Å². The number of ether oxygens (including phenoxy) is 4. The summed E-state index contributed by atoms with van der Waals surface area (Å²) in [5, 5.41) is 8.71. The van der Waals surface area contributed by atoms with Crippen LogP contribution in [-0.2, 0) is 4.79 Å². The van der Waals surface area contributed by atoms with Gasteiger partial charge in [0, 0.05) is 6.08 Å². The fourth-order valence-electron chi connectivity index (χ4n) is 2.22. The Labute approximate surface area is 152 Å². The molecular weight excluding hydrogens is 336 g/mol. The van der Waals surface area contributed by atoms with Gasteiger partial charge in [0.15, 0.2) is 23.0 Å². The molecule has 0 atom stereocenters. The molecule has 6 nitrogen and oxygen atoms in total. The summed E-state index contributed by atoms with van der Waals surface area (Å²) in [5.74, 6) is 1.44.